The van der Waals surface area contributed by atoms with Crippen LogP contribution in [0.5, 0.6) is 11.5 Å². The third-order valence-electron chi connectivity index (χ3n) is 6.85. The zero-order valence-electron chi connectivity index (χ0n) is 22.9. The molecule has 0 radical (unpaired) electrons. The van der Waals surface area contributed by atoms with Gasteiger partial charge in [0.25, 0.3) is 0 Å². The minimum absolute atomic E-state index is 0.560. The maximum absolute atomic E-state index is 15.4. The van der Waals surface area contributed by atoms with E-state index in [1.165, 1.54) is 18.2 Å². The van der Waals surface area contributed by atoms with E-state index in [1.54, 1.807) is 0 Å². The Bertz CT molecular complexity index is 2040. The molecule has 3 aromatic rings. The van der Waals surface area contributed by atoms with E-state index in [1.807, 2.05) is 5.32 Å². The van der Waals surface area contributed by atoms with Gasteiger partial charge in [-0.05, 0) is 6.92 Å². The van der Waals surface area contributed by atoms with Crippen molar-refractivity contribution >= 4 is 11.4 Å². The summed E-state index contributed by atoms with van der Waals surface area (Å²) in [6.45, 7) is 0.945. The van der Waals surface area contributed by atoms with Crippen LogP contribution >= 0.6 is 0 Å². The van der Waals surface area contributed by atoms with Crippen LogP contribution in [-0.4, -0.2) is 0 Å². The number of halogens is 14. The second-order valence-electron chi connectivity index (χ2n) is 9.61. The summed E-state index contributed by atoms with van der Waals surface area (Å²) in [6.07, 6.45) is -12.1. The zero-order chi connectivity index (χ0) is 36.7. The van der Waals surface area contributed by atoms with Crippen LogP contribution < -0.4 is 20.1 Å². The normalized spacial score (nSPS) is 14.4. The Balaban J connectivity index is 2.06. The molecule has 0 amide bonds. The molecule has 0 bridgehead atoms. The van der Waals surface area contributed by atoms with Crippen molar-refractivity contribution in [3.8, 4) is 52.0 Å². The smallest absolute Gasteiger partial charge is 0.422 e. The van der Waals surface area contributed by atoms with Gasteiger partial charge in [-0.2, -0.15) is 42.1 Å². The first-order valence-electron chi connectivity index (χ1n) is 12.4. The van der Waals surface area contributed by atoms with Gasteiger partial charge in [-0.15, -0.1) is 0 Å². The summed E-state index contributed by atoms with van der Waals surface area (Å²) in [5.41, 5.74) is -17.4. The summed E-state index contributed by atoms with van der Waals surface area (Å²) in [6, 6.07) is 3.90. The molecule has 2 aliphatic rings. The zero-order valence-corrected chi connectivity index (χ0v) is 22.9. The number of nitrogens with zero attached hydrogens (tertiary/aromatic N) is 3. The molecule has 0 saturated carbocycles. The highest BCUT2D eigenvalue weighted by atomic mass is 19.4. The Morgan fingerprint density at radius 2 is 0.837 bits per heavy atom. The lowest BCUT2D eigenvalue weighted by molar-refractivity contribution is -0.144. The van der Waals surface area contributed by atoms with Crippen molar-refractivity contribution < 1.29 is 70.9 Å². The van der Waals surface area contributed by atoms with Gasteiger partial charge in [0, 0.05) is 0 Å². The summed E-state index contributed by atoms with van der Waals surface area (Å²) in [5.74, 6) is -28.1. The van der Waals surface area contributed by atoms with Crippen molar-refractivity contribution in [3.63, 3.8) is 0 Å². The highest BCUT2D eigenvalue weighted by Gasteiger charge is 2.48. The van der Waals surface area contributed by atoms with Crippen LogP contribution in [0.15, 0.2) is 22.9 Å². The second kappa shape index (κ2) is 11.2. The third kappa shape index (κ3) is 4.95. The Labute approximate surface area is 261 Å². The molecule has 3 aromatic carbocycles. The van der Waals surface area contributed by atoms with E-state index in [2.05, 4.69) is 5.32 Å². The number of anilines is 2. The fraction of sp³-hybridized carbons (Fsp3) is 0.107. The number of hydrogen-bond donors (Lipinski definition) is 2. The largest absolute Gasteiger partial charge is 0.437 e. The number of hydrogen-bond acceptors (Lipinski definition) is 7. The molecular weight excluding hydrogens is 704 g/mol. The summed E-state index contributed by atoms with van der Waals surface area (Å²) >= 11 is 0. The van der Waals surface area contributed by atoms with Crippen molar-refractivity contribution in [3.05, 3.63) is 80.6 Å². The molecule has 49 heavy (non-hydrogen) atoms. The predicted molar refractivity (Wildman–Crippen MR) is 132 cm³/mol. The molecule has 0 fully saturated rings. The fourth-order valence-electron chi connectivity index (χ4n) is 4.77. The van der Waals surface area contributed by atoms with Crippen LogP contribution in [0.1, 0.15) is 18.1 Å². The monoisotopic (exact) mass is 709 g/mol. The molecule has 2 heterocycles. The van der Waals surface area contributed by atoms with Gasteiger partial charge in [-0.25, -0.2) is 35.1 Å². The van der Waals surface area contributed by atoms with E-state index in [4.69, 9.17) is 9.47 Å². The molecule has 0 atom stereocenters. The van der Waals surface area contributed by atoms with E-state index in [0.29, 0.717) is 0 Å². The average molecular weight is 709 g/mol. The fourth-order valence-corrected chi connectivity index (χ4v) is 4.77. The number of benzene rings is 3. The van der Waals surface area contributed by atoms with E-state index in [9.17, 15) is 59.7 Å². The van der Waals surface area contributed by atoms with Crippen LogP contribution in [0.4, 0.5) is 72.8 Å². The van der Waals surface area contributed by atoms with E-state index in [-0.39, 0.29) is 0 Å². The molecule has 0 unspecified atom stereocenters. The molecule has 2 N–H and O–H groups in total. The summed E-state index contributed by atoms with van der Waals surface area (Å²) in [5, 5.41) is 31.9. The lowest BCUT2D eigenvalue weighted by Crippen LogP contribution is -2.16. The van der Waals surface area contributed by atoms with Crippen molar-refractivity contribution in [2.24, 2.45) is 0 Å². The first-order valence-corrected chi connectivity index (χ1v) is 12.4. The first kappa shape index (κ1) is 34.2. The molecule has 0 aromatic heterocycles. The molecule has 252 valence electrons. The minimum Gasteiger partial charge on any atom is -0.437 e. The molecule has 5 rings (SSSR count). The van der Waals surface area contributed by atoms with Gasteiger partial charge in [-0.1, -0.05) is 0 Å². The molecular formula is C28H5F14N5O2. The Kier molecular flexibility index (Phi) is 7.83. The topological polar surface area (TPSA) is 114 Å². The van der Waals surface area contributed by atoms with Crippen molar-refractivity contribution in [2.75, 3.05) is 10.6 Å². The Hall–Kier alpha value is -6.17. The van der Waals surface area contributed by atoms with Gasteiger partial charge in [0.15, 0.2) is 63.6 Å². The van der Waals surface area contributed by atoms with Gasteiger partial charge in [0.05, 0.1) is 45.3 Å². The van der Waals surface area contributed by atoms with Gasteiger partial charge >= 0.3 is 12.4 Å². The lowest BCUT2D eigenvalue weighted by Gasteiger charge is -2.20. The van der Waals surface area contributed by atoms with Crippen molar-refractivity contribution in [2.45, 2.75) is 19.3 Å². The molecule has 21 heteroatoms. The van der Waals surface area contributed by atoms with E-state index < -0.39 is 138 Å². The summed E-state index contributed by atoms with van der Waals surface area (Å²) in [7, 11) is 0. The number of rotatable bonds is 2. The van der Waals surface area contributed by atoms with Crippen LogP contribution in [0.2, 0.25) is 0 Å². The third-order valence-corrected chi connectivity index (χ3v) is 6.85. The van der Waals surface area contributed by atoms with Crippen LogP contribution in [0, 0.1) is 80.5 Å². The number of fused-ring (bicyclic) bond motifs is 2. The maximum Gasteiger partial charge on any atom is 0.422 e. The second-order valence-corrected chi connectivity index (χ2v) is 9.61. The van der Waals surface area contributed by atoms with Crippen LogP contribution in [0.3, 0.4) is 0 Å². The predicted octanol–water partition coefficient (Wildman–Crippen LogP) is 8.79. The standard InChI is InChI=1S/C28H5F14N5O2/c1-5(2-43)25-46-21-9(7-13(29)17(33)11(27(37,38)39)18(34)14(7)30)24-22(47-26(49-24)6(3-44)4-45)10(23(21)48-25)8-15(31)19(35)12(28(40,41)42)20(36)16(8)32/h46-47H,1H3/b25-5-. The molecule has 2 aliphatic heterocycles. The van der Waals surface area contributed by atoms with E-state index in [0.717, 1.165) is 6.92 Å². The molecule has 0 aliphatic carbocycles. The number of nitrogens with one attached hydrogen (secondary N) is 2. The molecule has 0 saturated heterocycles. The van der Waals surface area contributed by atoms with Crippen molar-refractivity contribution in [1.29, 1.82) is 15.8 Å². The summed E-state index contributed by atoms with van der Waals surface area (Å²) in [4.78, 5) is 0. The van der Waals surface area contributed by atoms with E-state index >= 15 is 17.6 Å². The minimum atomic E-state index is -6.04. The summed E-state index contributed by atoms with van der Waals surface area (Å²) < 4.78 is 211. The first-order chi connectivity index (χ1) is 22.7. The number of allylic oxidation sites excluding steroid dienone is 2. The average Bonchev–Trinajstić information content (AvgIpc) is 3.64. The molecule has 0 spiro atoms. The highest BCUT2D eigenvalue weighted by Crippen LogP contribution is 2.62. The number of alkyl halides is 6. The van der Waals surface area contributed by atoms with Crippen LogP contribution in [0.25, 0.3) is 22.3 Å². The SMILES string of the molecule is C/C(C#N)=C1\Nc2c(c(-c3c(F)c(F)c(C(F)(F)F)c(F)c3F)c3c(c2-c2c(F)c(F)c(C(F)(F)F)c(F)c2F)OC(=C(C#N)C#N)N3)O1. The maximum atomic E-state index is 15.4. The number of nitriles is 3. The Morgan fingerprint density at radius 1 is 0.510 bits per heavy atom. The van der Waals surface area contributed by atoms with Gasteiger partial charge in [-0.3, -0.25) is 0 Å². The van der Waals surface area contributed by atoms with Gasteiger partial charge in [0.2, 0.25) is 11.8 Å². The highest BCUT2D eigenvalue weighted by molar-refractivity contribution is 6.05. The lowest BCUT2D eigenvalue weighted by atomic mass is 9.91. The van der Waals surface area contributed by atoms with Crippen LogP contribution in [-0.2, 0) is 12.4 Å². The van der Waals surface area contributed by atoms with Gasteiger partial charge in [0.1, 0.15) is 23.3 Å². The van der Waals surface area contributed by atoms with Gasteiger partial charge < -0.3 is 20.1 Å². The van der Waals surface area contributed by atoms with Crippen molar-refractivity contribution in [1.82, 2.24) is 0 Å². The quantitative estimate of drug-likeness (QED) is 0.155. The molecule has 7 nitrogen and oxygen atoms in total. The Morgan fingerprint density at radius 3 is 1.14 bits per heavy atom. The number of ether oxygens (including phenoxy) is 2.